The van der Waals surface area contributed by atoms with Crippen molar-refractivity contribution < 1.29 is 77.2 Å². The van der Waals surface area contributed by atoms with Gasteiger partial charge in [0.2, 0.25) is 6.29 Å². The lowest BCUT2D eigenvalue weighted by Gasteiger charge is -2.43. The van der Waals surface area contributed by atoms with E-state index >= 15 is 0 Å². The van der Waals surface area contributed by atoms with Crippen molar-refractivity contribution in [2.24, 2.45) is 17.8 Å². The highest BCUT2D eigenvalue weighted by molar-refractivity contribution is 5.70. The molecule has 0 amide bonds. The van der Waals surface area contributed by atoms with Gasteiger partial charge in [-0.05, 0) is 17.9 Å². The molecule has 1 aliphatic carbocycles. The summed E-state index contributed by atoms with van der Waals surface area (Å²) in [6.07, 6.45) is -8.53. The number of aliphatic hydroxyl groups is 3. The van der Waals surface area contributed by atoms with Crippen LogP contribution in [0.4, 0.5) is 0 Å². The van der Waals surface area contributed by atoms with Crippen molar-refractivity contribution in [3.63, 3.8) is 0 Å². The van der Waals surface area contributed by atoms with E-state index in [1.165, 1.54) is 6.26 Å². The van der Waals surface area contributed by atoms with Gasteiger partial charge in [-0.3, -0.25) is 24.0 Å². The number of ether oxygens (including phenoxy) is 8. The van der Waals surface area contributed by atoms with Crippen LogP contribution in [0.5, 0.6) is 0 Å². The van der Waals surface area contributed by atoms with Gasteiger partial charge in [-0.2, -0.15) is 0 Å². The first-order valence-electron chi connectivity index (χ1n) is 14.5. The summed E-state index contributed by atoms with van der Waals surface area (Å²) in [5.74, 6) is -5.55. The molecule has 1 saturated heterocycles. The van der Waals surface area contributed by atoms with Crippen LogP contribution in [-0.4, -0.2) is 114 Å². The molecule has 0 bridgehead atoms. The molecule has 0 aromatic heterocycles. The van der Waals surface area contributed by atoms with Gasteiger partial charge in [0, 0.05) is 40.0 Å². The summed E-state index contributed by atoms with van der Waals surface area (Å²) < 4.78 is 44.0. The summed E-state index contributed by atoms with van der Waals surface area (Å²) in [6.45, 7) is 6.43. The van der Waals surface area contributed by atoms with Crippen molar-refractivity contribution in [3.8, 4) is 0 Å². The molecular weight excluding hydrogens is 604 g/mol. The van der Waals surface area contributed by atoms with E-state index in [1.54, 1.807) is 0 Å². The Hall–Kier alpha value is -3.31. The molecule has 16 heteroatoms. The van der Waals surface area contributed by atoms with Crippen LogP contribution in [-0.2, 0) is 61.9 Å². The first-order chi connectivity index (χ1) is 21.1. The van der Waals surface area contributed by atoms with E-state index in [4.69, 9.17) is 37.9 Å². The van der Waals surface area contributed by atoms with Crippen molar-refractivity contribution in [2.45, 2.75) is 103 Å². The highest BCUT2D eigenvalue weighted by Gasteiger charge is 2.63. The zero-order chi connectivity index (χ0) is 33.6. The van der Waals surface area contributed by atoms with Gasteiger partial charge in [-0.25, -0.2) is 0 Å². The Bertz CT molecular complexity index is 1140. The van der Waals surface area contributed by atoms with E-state index in [0.717, 1.165) is 27.7 Å². The van der Waals surface area contributed by atoms with Gasteiger partial charge >= 0.3 is 29.8 Å². The van der Waals surface area contributed by atoms with Crippen molar-refractivity contribution in [2.75, 3.05) is 19.8 Å². The topological polar surface area (TPSA) is 220 Å². The molecule has 3 aliphatic rings. The Kier molecular flexibility index (Phi) is 12.3. The summed E-state index contributed by atoms with van der Waals surface area (Å²) >= 11 is 0. The number of carbonyl (C=O) groups is 5. The van der Waals surface area contributed by atoms with E-state index in [-0.39, 0.29) is 25.4 Å². The average molecular weight is 647 g/mol. The van der Waals surface area contributed by atoms with Crippen molar-refractivity contribution in [3.05, 3.63) is 11.8 Å². The maximum atomic E-state index is 12.6. The van der Waals surface area contributed by atoms with Gasteiger partial charge in [0.1, 0.15) is 30.5 Å². The lowest BCUT2D eigenvalue weighted by molar-refractivity contribution is -0.304. The first-order valence-corrected chi connectivity index (χ1v) is 14.5. The minimum absolute atomic E-state index is 0.0221. The van der Waals surface area contributed by atoms with Crippen LogP contribution in [0.15, 0.2) is 11.8 Å². The highest BCUT2D eigenvalue weighted by atomic mass is 16.7. The van der Waals surface area contributed by atoms with E-state index in [1.807, 2.05) is 13.8 Å². The van der Waals surface area contributed by atoms with Crippen LogP contribution in [0.3, 0.4) is 0 Å². The summed E-state index contributed by atoms with van der Waals surface area (Å²) in [7, 11) is 0. The molecule has 2 aliphatic heterocycles. The zero-order valence-electron chi connectivity index (χ0n) is 26.0. The third-order valence-electron chi connectivity index (χ3n) is 7.61. The molecule has 254 valence electrons. The number of rotatable bonds is 12. The van der Waals surface area contributed by atoms with Crippen LogP contribution < -0.4 is 0 Å². The predicted octanol–water partition coefficient (Wildman–Crippen LogP) is -0.364. The fraction of sp³-hybridized carbons (Fsp3) is 0.759. The largest absolute Gasteiger partial charge is 0.463 e. The number of hydrogen-bond acceptors (Lipinski definition) is 16. The minimum Gasteiger partial charge on any atom is -0.463 e. The SMILES string of the molecule is CC(=O)OC[C@]1(O)[C@H]2[C@H](OC(=O)CC(C)C)OC=C(CO[C@@H]3O[C@H](CO)[C@@H](O)[C@H](OC(C)=O)[C@H]3OC(C)=O)[C@H]2C[C@@H]1OC(C)=O. The molecule has 2 fully saturated rings. The molecule has 16 nitrogen and oxygen atoms in total. The Morgan fingerprint density at radius 3 is 2.11 bits per heavy atom. The monoisotopic (exact) mass is 646 g/mol. The number of carbonyl (C=O) groups excluding carboxylic acids is 5. The summed E-state index contributed by atoms with van der Waals surface area (Å²) in [6, 6.07) is 0. The Morgan fingerprint density at radius 2 is 1.56 bits per heavy atom. The van der Waals surface area contributed by atoms with E-state index in [2.05, 4.69) is 0 Å². The van der Waals surface area contributed by atoms with Crippen LogP contribution in [0, 0.1) is 17.8 Å². The van der Waals surface area contributed by atoms with Gasteiger partial charge in [-0.1, -0.05) is 13.8 Å². The fourth-order valence-corrected chi connectivity index (χ4v) is 5.79. The summed E-state index contributed by atoms with van der Waals surface area (Å²) in [4.78, 5) is 60.1. The molecule has 3 rings (SSSR count). The lowest BCUT2D eigenvalue weighted by Crippen LogP contribution is -2.61. The number of hydrogen-bond donors (Lipinski definition) is 3. The molecule has 45 heavy (non-hydrogen) atoms. The number of aliphatic hydroxyl groups excluding tert-OH is 2. The van der Waals surface area contributed by atoms with E-state index in [9.17, 15) is 39.3 Å². The summed E-state index contributed by atoms with van der Waals surface area (Å²) in [5, 5.41) is 32.3. The molecule has 0 unspecified atom stereocenters. The van der Waals surface area contributed by atoms with Crippen LogP contribution in [0.25, 0.3) is 0 Å². The molecule has 0 radical (unpaired) electrons. The summed E-state index contributed by atoms with van der Waals surface area (Å²) in [5.41, 5.74) is -1.70. The standard InChI is InChI=1S/C29H42O16/c1-13(2)7-22(35)45-27-23-19(8-21(41-15(4)32)29(23,37)12-40-14(3)31)18(10-38-27)11-39-28-26(43-17(6)34)25(42-16(5)33)24(36)20(9-30)44-28/h10,13,19-21,23-28,30,36-37H,7-9,11-12H2,1-6H3/t19-,20-,21+,23-,24-,25+,26-,27+,28-,29-/m1/s1. The molecule has 0 spiro atoms. The van der Waals surface area contributed by atoms with Gasteiger partial charge < -0.3 is 53.2 Å². The quantitative estimate of drug-likeness (QED) is 0.182. The van der Waals surface area contributed by atoms with Crippen molar-refractivity contribution >= 4 is 29.8 Å². The average Bonchev–Trinajstić information content (AvgIpc) is 3.21. The highest BCUT2D eigenvalue weighted by Crippen LogP contribution is 2.51. The molecule has 3 N–H and O–H groups in total. The maximum absolute atomic E-state index is 12.6. The van der Waals surface area contributed by atoms with E-state index in [0.29, 0.717) is 5.57 Å². The van der Waals surface area contributed by atoms with Gasteiger partial charge in [0.05, 0.1) is 25.4 Å². The minimum atomic E-state index is -2.06. The Morgan fingerprint density at radius 1 is 0.933 bits per heavy atom. The van der Waals surface area contributed by atoms with Crippen molar-refractivity contribution in [1.82, 2.24) is 0 Å². The van der Waals surface area contributed by atoms with Crippen LogP contribution in [0.2, 0.25) is 0 Å². The second kappa shape index (κ2) is 15.3. The Labute approximate surface area is 259 Å². The third kappa shape index (κ3) is 8.91. The first kappa shape index (κ1) is 36.2. The molecule has 10 atom stereocenters. The van der Waals surface area contributed by atoms with Gasteiger partial charge in [0.25, 0.3) is 0 Å². The molecule has 0 aromatic carbocycles. The van der Waals surface area contributed by atoms with Crippen LogP contribution in [0.1, 0.15) is 54.4 Å². The molecule has 0 aromatic rings. The third-order valence-corrected chi connectivity index (χ3v) is 7.61. The Balaban J connectivity index is 1.95. The molecule has 2 heterocycles. The second-order valence-corrected chi connectivity index (χ2v) is 11.7. The lowest BCUT2D eigenvalue weighted by atomic mass is 9.80. The number of fused-ring (bicyclic) bond motifs is 1. The predicted molar refractivity (Wildman–Crippen MR) is 146 cm³/mol. The number of esters is 5. The van der Waals surface area contributed by atoms with Gasteiger partial charge in [0.15, 0.2) is 18.5 Å². The van der Waals surface area contributed by atoms with Gasteiger partial charge in [-0.15, -0.1) is 0 Å². The smallest absolute Gasteiger partial charge is 0.309 e. The zero-order valence-corrected chi connectivity index (χ0v) is 26.0. The van der Waals surface area contributed by atoms with E-state index < -0.39 is 104 Å². The van der Waals surface area contributed by atoms with Crippen molar-refractivity contribution in [1.29, 1.82) is 0 Å². The second-order valence-electron chi connectivity index (χ2n) is 11.7. The fourth-order valence-electron chi connectivity index (χ4n) is 5.79. The normalized spacial score (nSPS) is 34.1. The maximum Gasteiger partial charge on any atom is 0.309 e. The molecule has 1 saturated carbocycles. The van der Waals surface area contributed by atoms with Crippen LogP contribution >= 0.6 is 0 Å². The molecular formula is C29H42O16.